The summed E-state index contributed by atoms with van der Waals surface area (Å²) in [5.74, 6) is -1.17. The van der Waals surface area contributed by atoms with Gasteiger partial charge in [-0.1, -0.05) is 23.7 Å². The molecule has 0 spiro atoms. The van der Waals surface area contributed by atoms with Crippen molar-refractivity contribution in [2.24, 2.45) is 0 Å². The quantitative estimate of drug-likeness (QED) is 0.314. The van der Waals surface area contributed by atoms with Gasteiger partial charge in [-0.25, -0.2) is 0 Å². The molecule has 1 saturated heterocycles. The summed E-state index contributed by atoms with van der Waals surface area (Å²) < 4.78 is 11.3. The summed E-state index contributed by atoms with van der Waals surface area (Å²) in [6.45, 7) is 5.62. The van der Waals surface area contributed by atoms with Gasteiger partial charge < -0.3 is 14.8 Å². The fourth-order valence-electron chi connectivity index (χ4n) is 3.04. The molecule has 1 aliphatic heterocycles. The Balaban J connectivity index is 1.80. The lowest BCUT2D eigenvalue weighted by Gasteiger charge is -2.17. The molecule has 0 aliphatic carbocycles. The Kier molecular flexibility index (Phi) is 7.67. The predicted molar refractivity (Wildman–Crippen MR) is 130 cm³/mol. The Bertz CT molecular complexity index is 1160. The molecule has 0 aromatic heterocycles. The molecule has 10 heteroatoms. The highest BCUT2D eigenvalue weighted by Gasteiger charge is 2.26. The molecule has 0 bridgehead atoms. The van der Waals surface area contributed by atoms with Crippen molar-refractivity contribution in [3.05, 3.63) is 57.6 Å². The van der Waals surface area contributed by atoms with E-state index in [9.17, 15) is 14.4 Å². The largest absolute Gasteiger partial charge is 0.490 e. The van der Waals surface area contributed by atoms with Gasteiger partial charge in [-0.2, -0.15) is 0 Å². The maximum Gasteiger partial charge on any atom is 0.263 e. The molecule has 3 N–H and O–H groups in total. The number of benzene rings is 2. The second-order valence-corrected chi connectivity index (χ2v) is 8.03. The van der Waals surface area contributed by atoms with Crippen molar-refractivity contribution in [3.63, 3.8) is 0 Å². The van der Waals surface area contributed by atoms with Crippen molar-refractivity contribution in [2.75, 3.05) is 18.5 Å². The Morgan fingerprint density at radius 1 is 1.12 bits per heavy atom. The fourth-order valence-corrected chi connectivity index (χ4v) is 3.50. The Morgan fingerprint density at radius 3 is 2.48 bits per heavy atom. The normalized spacial score (nSPS) is 13.2. The van der Waals surface area contributed by atoms with Crippen LogP contribution in [-0.4, -0.2) is 36.0 Å². The number of aryl methyl sites for hydroxylation is 2. The van der Waals surface area contributed by atoms with Gasteiger partial charge in [0.05, 0.1) is 11.6 Å². The summed E-state index contributed by atoms with van der Waals surface area (Å²) in [5, 5.41) is 7.64. The molecule has 3 rings (SSSR count). The number of amides is 3. The number of carbonyl (C=O) groups excluding carboxylic acids is 3. The number of anilines is 1. The number of thiocarbonyl (C=S) groups is 1. The van der Waals surface area contributed by atoms with Crippen LogP contribution in [0.15, 0.2) is 35.9 Å². The second kappa shape index (κ2) is 10.5. The van der Waals surface area contributed by atoms with Crippen molar-refractivity contribution in [1.82, 2.24) is 10.6 Å². The minimum atomic E-state index is -0.624. The van der Waals surface area contributed by atoms with E-state index in [-0.39, 0.29) is 39.7 Å². The number of hydrogen-bond donors (Lipinski definition) is 3. The molecule has 3 amide bonds. The van der Waals surface area contributed by atoms with Gasteiger partial charge in [0.25, 0.3) is 17.7 Å². The van der Waals surface area contributed by atoms with Crippen LogP contribution < -0.4 is 25.4 Å². The summed E-state index contributed by atoms with van der Waals surface area (Å²) in [4.78, 5) is 36.6. The van der Waals surface area contributed by atoms with E-state index >= 15 is 0 Å². The standard InChI is InChI=1S/C23H22ClN3O5S/c1-4-31-18-10-14(8-15-21(29)26-23(33)27-22(15)30)9-16(24)20(18)32-11-19(28)25-17-7-12(2)5-6-13(17)3/h5-10H,4,11H2,1-3H3,(H,25,28)(H2,26,27,29,30,33). The molecule has 0 atom stereocenters. The van der Waals surface area contributed by atoms with Crippen LogP contribution in [-0.2, 0) is 14.4 Å². The summed E-state index contributed by atoms with van der Waals surface area (Å²) in [6, 6.07) is 8.82. The van der Waals surface area contributed by atoms with E-state index in [2.05, 4.69) is 16.0 Å². The highest BCUT2D eigenvalue weighted by Crippen LogP contribution is 2.37. The first-order valence-electron chi connectivity index (χ1n) is 10.0. The monoisotopic (exact) mass is 487 g/mol. The van der Waals surface area contributed by atoms with Crippen molar-refractivity contribution in [2.45, 2.75) is 20.8 Å². The molecule has 172 valence electrons. The third-order valence-corrected chi connectivity index (χ3v) is 5.09. The van der Waals surface area contributed by atoms with Crippen molar-refractivity contribution >= 4 is 58.4 Å². The van der Waals surface area contributed by atoms with Crippen molar-refractivity contribution in [3.8, 4) is 11.5 Å². The van der Waals surface area contributed by atoms with E-state index < -0.39 is 11.8 Å². The van der Waals surface area contributed by atoms with Gasteiger partial charge in [0.1, 0.15) is 5.57 Å². The van der Waals surface area contributed by atoms with Crippen molar-refractivity contribution in [1.29, 1.82) is 0 Å². The van der Waals surface area contributed by atoms with E-state index in [0.29, 0.717) is 17.9 Å². The molecule has 1 heterocycles. The van der Waals surface area contributed by atoms with E-state index in [0.717, 1.165) is 11.1 Å². The third-order valence-electron chi connectivity index (χ3n) is 4.60. The highest BCUT2D eigenvalue weighted by molar-refractivity contribution is 7.80. The zero-order valence-electron chi connectivity index (χ0n) is 18.2. The first-order chi connectivity index (χ1) is 15.7. The van der Waals surface area contributed by atoms with Crippen LogP contribution in [0.2, 0.25) is 5.02 Å². The Morgan fingerprint density at radius 2 is 1.82 bits per heavy atom. The minimum Gasteiger partial charge on any atom is -0.490 e. The molecule has 1 aliphatic rings. The Labute approximate surface area is 201 Å². The summed E-state index contributed by atoms with van der Waals surface area (Å²) in [7, 11) is 0. The van der Waals surface area contributed by atoms with Crippen LogP contribution in [0.3, 0.4) is 0 Å². The number of hydrogen-bond acceptors (Lipinski definition) is 6. The summed E-state index contributed by atoms with van der Waals surface area (Å²) in [5.41, 5.74) is 2.94. The molecule has 33 heavy (non-hydrogen) atoms. The molecule has 0 unspecified atom stereocenters. The van der Waals surface area contributed by atoms with Gasteiger partial charge >= 0.3 is 0 Å². The third kappa shape index (κ3) is 6.09. The summed E-state index contributed by atoms with van der Waals surface area (Å²) in [6.07, 6.45) is 1.36. The average molecular weight is 488 g/mol. The number of carbonyl (C=O) groups is 3. The summed E-state index contributed by atoms with van der Waals surface area (Å²) >= 11 is 11.2. The highest BCUT2D eigenvalue weighted by atomic mass is 35.5. The smallest absolute Gasteiger partial charge is 0.263 e. The first kappa shape index (κ1) is 24.2. The molecular formula is C23H22ClN3O5S. The van der Waals surface area contributed by atoms with Crippen LogP contribution in [0.1, 0.15) is 23.6 Å². The molecule has 8 nitrogen and oxygen atoms in total. The first-order valence-corrected chi connectivity index (χ1v) is 10.8. The number of rotatable bonds is 7. The SMILES string of the molecule is CCOc1cc(C=C2C(=O)NC(=S)NC2=O)cc(Cl)c1OCC(=O)Nc1cc(C)ccc1C. The van der Waals surface area contributed by atoms with Gasteiger partial charge in [-0.05, 0) is 74.0 Å². The molecule has 0 saturated carbocycles. The Hall–Kier alpha value is -3.43. The van der Waals surface area contributed by atoms with Crippen LogP contribution in [0.5, 0.6) is 11.5 Å². The number of nitrogens with one attached hydrogen (secondary N) is 3. The minimum absolute atomic E-state index is 0.0573. The van der Waals surface area contributed by atoms with Crippen LogP contribution in [0.4, 0.5) is 5.69 Å². The molecular weight excluding hydrogens is 466 g/mol. The maximum atomic E-state index is 12.4. The lowest BCUT2D eigenvalue weighted by atomic mass is 10.1. The molecule has 2 aromatic carbocycles. The average Bonchev–Trinajstić information content (AvgIpc) is 2.73. The molecule has 0 radical (unpaired) electrons. The van der Waals surface area contributed by atoms with Gasteiger partial charge in [-0.3, -0.25) is 25.0 Å². The molecule has 2 aromatic rings. The van der Waals surface area contributed by atoms with Crippen LogP contribution >= 0.6 is 23.8 Å². The zero-order chi connectivity index (χ0) is 24.1. The van der Waals surface area contributed by atoms with E-state index in [1.54, 1.807) is 13.0 Å². The fraction of sp³-hybridized carbons (Fsp3) is 0.217. The second-order valence-electron chi connectivity index (χ2n) is 7.21. The van der Waals surface area contributed by atoms with Gasteiger partial charge in [-0.15, -0.1) is 0 Å². The zero-order valence-corrected chi connectivity index (χ0v) is 19.8. The topological polar surface area (TPSA) is 106 Å². The lowest BCUT2D eigenvalue weighted by Crippen LogP contribution is -2.51. The lowest BCUT2D eigenvalue weighted by molar-refractivity contribution is -0.123. The predicted octanol–water partition coefficient (Wildman–Crippen LogP) is 3.29. The van der Waals surface area contributed by atoms with E-state index in [4.69, 9.17) is 33.3 Å². The van der Waals surface area contributed by atoms with Gasteiger partial charge in [0.2, 0.25) is 0 Å². The molecule has 1 fully saturated rings. The van der Waals surface area contributed by atoms with Crippen molar-refractivity contribution < 1.29 is 23.9 Å². The number of halogens is 1. The number of ether oxygens (including phenoxy) is 2. The van der Waals surface area contributed by atoms with E-state index in [1.165, 1.54) is 12.1 Å². The van der Waals surface area contributed by atoms with E-state index in [1.807, 2.05) is 32.0 Å². The van der Waals surface area contributed by atoms with Gasteiger partial charge in [0.15, 0.2) is 23.2 Å². The van der Waals surface area contributed by atoms with Gasteiger partial charge in [0, 0.05) is 5.69 Å². The van der Waals surface area contributed by atoms with Crippen LogP contribution in [0.25, 0.3) is 6.08 Å². The maximum absolute atomic E-state index is 12.4. The van der Waals surface area contributed by atoms with Crippen LogP contribution in [0, 0.1) is 13.8 Å².